The van der Waals surface area contributed by atoms with E-state index in [0.29, 0.717) is 16.0 Å². The van der Waals surface area contributed by atoms with Crippen molar-refractivity contribution in [2.75, 3.05) is 4.72 Å². The van der Waals surface area contributed by atoms with Gasteiger partial charge in [-0.25, -0.2) is 8.42 Å². The Labute approximate surface area is 137 Å². The van der Waals surface area contributed by atoms with Crippen LogP contribution in [0.4, 0.5) is 5.69 Å². The van der Waals surface area contributed by atoms with E-state index < -0.39 is 10.0 Å². The van der Waals surface area contributed by atoms with Crippen LogP contribution in [0, 0.1) is 0 Å². The fraction of sp³-hybridized carbons (Fsp3) is 0.286. The number of halogens is 1. The lowest BCUT2D eigenvalue weighted by Crippen LogP contribution is -2.14. The molecule has 7 heteroatoms. The Kier molecular flexibility index (Phi) is 5.08. The molecule has 3 N–H and O–H groups in total. The summed E-state index contributed by atoms with van der Waals surface area (Å²) in [5.74, 6) is 0.231. The van der Waals surface area contributed by atoms with Crippen LogP contribution in [-0.4, -0.2) is 8.42 Å². The maximum absolute atomic E-state index is 12.6. The number of rotatable bonds is 5. The smallest absolute Gasteiger partial charge is 0.263 e. The molecular formula is C14H17BrN2O2S2. The molecule has 0 fully saturated rings. The van der Waals surface area contributed by atoms with Gasteiger partial charge in [-0.3, -0.25) is 4.72 Å². The number of hydrogen-bond donors (Lipinski definition) is 2. The molecule has 0 aliphatic carbocycles. The number of para-hydroxylation sites is 1. The first-order chi connectivity index (χ1) is 9.85. The van der Waals surface area contributed by atoms with Crippen LogP contribution in [0.25, 0.3) is 0 Å². The van der Waals surface area contributed by atoms with E-state index in [9.17, 15) is 8.42 Å². The van der Waals surface area contributed by atoms with Crippen LogP contribution in [0.1, 0.15) is 30.2 Å². The standard InChI is InChI=1S/C14H17BrN2O2S2/c1-9(2)11-5-3-4-6-12(11)17-21(18,19)13-7-10(8-16)20-14(13)15/h3-7,9,17H,8,16H2,1-2H3. The van der Waals surface area contributed by atoms with Gasteiger partial charge in [0.1, 0.15) is 4.90 Å². The highest BCUT2D eigenvalue weighted by molar-refractivity contribution is 9.11. The van der Waals surface area contributed by atoms with E-state index in [4.69, 9.17) is 5.73 Å². The normalized spacial score (nSPS) is 11.9. The van der Waals surface area contributed by atoms with Crippen molar-refractivity contribution in [3.63, 3.8) is 0 Å². The second-order valence-electron chi connectivity index (χ2n) is 4.90. The van der Waals surface area contributed by atoms with Gasteiger partial charge in [-0.1, -0.05) is 32.0 Å². The third-order valence-electron chi connectivity index (χ3n) is 3.02. The zero-order valence-corrected chi connectivity index (χ0v) is 15.0. The lowest BCUT2D eigenvalue weighted by Gasteiger charge is -2.14. The zero-order chi connectivity index (χ0) is 15.6. The molecule has 0 radical (unpaired) electrons. The first-order valence-corrected chi connectivity index (χ1v) is 9.54. The molecule has 21 heavy (non-hydrogen) atoms. The molecule has 114 valence electrons. The summed E-state index contributed by atoms with van der Waals surface area (Å²) in [6.07, 6.45) is 0. The van der Waals surface area contributed by atoms with Gasteiger partial charge in [0.25, 0.3) is 10.0 Å². The third-order valence-corrected chi connectivity index (χ3v) is 6.66. The van der Waals surface area contributed by atoms with Gasteiger partial charge in [0.2, 0.25) is 0 Å². The highest BCUT2D eigenvalue weighted by Crippen LogP contribution is 2.33. The number of nitrogens with one attached hydrogen (secondary N) is 1. The summed E-state index contributed by atoms with van der Waals surface area (Å²) in [7, 11) is -3.63. The van der Waals surface area contributed by atoms with E-state index >= 15 is 0 Å². The summed E-state index contributed by atoms with van der Waals surface area (Å²) < 4.78 is 28.3. The highest BCUT2D eigenvalue weighted by atomic mass is 79.9. The molecule has 0 unspecified atom stereocenters. The second-order valence-corrected chi connectivity index (χ2v) is 9.01. The maximum Gasteiger partial charge on any atom is 0.263 e. The van der Waals surface area contributed by atoms with Crippen LogP contribution >= 0.6 is 27.3 Å². The predicted octanol–water partition coefficient (Wildman–Crippen LogP) is 3.89. The highest BCUT2D eigenvalue weighted by Gasteiger charge is 2.22. The van der Waals surface area contributed by atoms with Crippen LogP contribution in [0.2, 0.25) is 0 Å². The molecule has 4 nitrogen and oxygen atoms in total. The van der Waals surface area contributed by atoms with Crippen LogP contribution in [0.3, 0.4) is 0 Å². The van der Waals surface area contributed by atoms with Crippen molar-refractivity contribution in [1.29, 1.82) is 0 Å². The monoisotopic (exact) mass is 388 g/mol. The lowest BCUT2D eigenvalue weighted by atomic mass is 10.0. The minimum atomic E-state index is -3.63. The molecular weight excluding hydrogens is 372 g/mol. The summed E-state index contributed by atoms with van der Waals surface area (Å²) in [6, 6.07) is 9.03. The van der Waals surface area contributed by atoms with Gasteiger partial charge in [0.05, 0.1) is 9.47 Å². The van der Waals surface area contributed by atoms with Crippen LogP contribution in [0.15, 0.2) is 39.0 Å². The molecule has 0 spiro atoms. The van der Waals surface area contributed by atoms with Gasteiger partial charge in [-0.15, -0.1) is 11.3 Å². The summed E-state index contributed by atoms with van der Waals surface area (Å²) in [4.78, 5) is 1.05. The number of hydrogen-bond acceptors (Lipinski definition) is 4. The molecule has 2 rings (SSSR count). The number of nitrogens with two attached hydrogens (primary N) is 1. The Hall–Kier alpha value is -0.890. The van der Waals surface area contributed by atoms with Crippen LogP contribution in [-0.2, 0) is 16.6 Å². The molecule has 0 aliphatic heterocycles. The second kappa shape index (κ2) is 6.48. The number of benzene rings is 1. The third kappa shape index (κ3) is 3.66. The molecule has 0 saturated heterocycles. The van der Waals surface area contributed by atoms with E-state index in [1.165, 1.54) is 11.3 Å². The van der Waals surface area contributed by atoms with E-state index in [0.717, 1.165) is 10.4 Å². The summed E-state index contributed by atoms with van der Waals surface area (Å²) >= 11 is 4.63. The predicted molar refractivity (Wildman–Crippen MR) is 91.2 cm³/mol. The van der Waals surface area contributed by atoms with Crippen molar-refractivity contribution < 1.29 is 8.42 Å². The van der Waals surface area contributed by atoms with Crippen molar-refractivity contribution in [3.05, 3.63) is 44.6 Å². The molecule has 0 bridgehead atoms. The van der Waals surface area contributed by atoms with E-state index in [2.05, 4.69) is 20.7 Å². The summed E-state index contributed by atoms with van der Waals surface area (Å²) in [6.45, 7) is 4.38. The van der Waals surface area contributed by atoms with Crippen molar-refractivity contribution in [2.45, 2.75) is 31.2 Å². The average molecular weight is 389 g/mol. The Morgan fingerprint density at radius 1 is 1.33 bits per heavy atom. The van der Waals surface area contributed by atoms with Crippen molar-refractivity contribution in [3.8, 4) is 0 Å². The fourth-order valence-electron chi connectivity index (χ4n) is 1.97. The van der Waals surface area contributed by atoms with Crippen LogP contribution in [0.5, 0.6) is 0 Å². The number of thiophene rings is 1. The zero-order valence-electron chi connectivity index (χ0n) is 11.8. The molecule has 0 atom stereocenters. The van der Waals surface area contributed by atoms with Crippen molar-refractivity contribution in [1.82, 2.24) is 0 Å². The topological polar surface area (TPSA) is 72.2 Å². The molecule has 1 aromatic carbocycles. The van der Waals surface area contributed by atoms with Crippen molar-refractivity contribution in [2.24, 2.45) is 5.73 Å². The number of anilines is 1. The van der Waals surface area contributed by atoms with Gasteiger partial charge in [0, 0.05) is 11.4 Å². The first-order valence-electron chi connectivity index (χ1n) is 6.45. The Morgan fingerprint density at radius 2 is 2.00 bits per heavy atom. The first kappa shape index (κ1) is 16.5. The van der Waals surface area contributed by atoms with E-state index in [1.54, 1.807) is 12.1 Å². The van der Waals surface area contributed by atoms with E-state index in [-0.39, 0.29) is 10.8 Å². The molecule has 0 amide bonds. The Bertz CT molecular complexity index is 739. The summed E-state index contributed by atoms with van der Waals surface area (Å²) in [5.41, 5.74) is 7.14. The molecule has 1 heterocycles. The lowest BCUT2D eigenvalue weighted by molar-refractivity contribution is 0.601. The maximum atomic E-state index is 12.6. The molecule has 0 saturated carbocycles. The van der Waals surface area contributed by atoms with E-state index in [1.807, 2.05) is 32.0 Å². The SMILES string of the molecule is CC(C)c1ccccc1NS(=O)(=O)c1cc(CN)sc1Br. The quantitative estimate of drug-likeness (QED) is 0.815. The van der Waals surface area contributed by atoms with Crippen LogP contribution < -0.4 is 10.5 Å². The largest absolute Gasteiger partial charge is 0.326 e. The van der Waals surface area contributed by atoms with Crippen molar-refractivity contribution >= 4 is 43.0 Å². The summed E-state index contributed by atoms with van der Waals surface area (Å²) in [5, 5.41) is 0. The van der Waals surface area contributed by atoms with Gasteiger partial charge in [-0.05, 0) is 39.5 Å². The van der Waals surface area contributed by atoms with Gasteiger partial charge >= 0.3 is 0 Å². The Balaban J connectivity index is 2.40. The van der Waals surface area contributed by atoms with Gasteiger partial charge < -0.3 is 5.73 Å². The van der Waals surface area contributed by atoms with Gasteiger partial charge in [0.15, 0.2) is 0 Å². The molecule has 2 aromatic rings. The minimum Gasteiger partial charge on any atom is -0.326 e. The molecule has 0 aliphatic rings. The Morgan fingerprint density at radius 3 is 2.57 bits per heavy atom. The average Bonchev–Trinajstić information content (AvgIpc) is 2.81. The minimum absolute atomic E-state index is 0.228. The molecule has 1 aromatic heterocycles. The fourth-order valence-corrected chi connectivity index (χ4v) is 5.62. The number of sulfonamides is 1. The van der Waals surface area contributed by atoms with Gasteiger partial charge in [-0.2, -0.15) is 0 Å².